The van der Waals surface area contributed by atoms with E-state index in [2.05, 4.69) is 13.8 Å². The fraction of sp³-hybridized carbons (Fsp3) is 0.961. The van der Waals surface area contributed by atoms with Gasteiger partial charge in [-0.25, -0.2) is 4.79 Å². The first-order chi connectivity index (χ1) is 41.6. The third-order valence-corrected chi connectivity index (χ3v) is 17.9. The van der Waals surface area contributed by atoms with Crippen molar-refractivity contribution in [1.29, 1.82) is 0 Å². The zero-order chi connectivity index (χ0) is 61.9. The van der Waals surface area contributed by atoms with Gasteiger partial charge in [0.1, 0.15) is 13.2 Å². The molecule has 0 fully saturated rings. The van der Waals surface area contributed by atoms with E-state index in [0.29, 0.717) is 17.4 Å². The lowest BCUT2D eigenvalue weighted by atomic mass is 10.0. The monoisotopic (exact) mass is 1210 g/mol. The topological polar surface area (TPSA) is 108 Å². The normalized spacial score (nSPS) is 12.5. The SMILES string of the molecule is CCCCCCCCCCCCCCCCCCCCCCCCCCCCCCCCCC(=O)OC(COC(=O)CCCCCCCCCCCCCCCCCCCCCCCCCCCCCCC)COC(OCC[N+](C)(C)C)C(=O)O. The molecular weight excluding hydrogens is 1050 g/mol. The van der Waals surface area contributed by atoms with E-state index in [1.165, 1.54) is 347 Å². The summed E-state index contributed by atoms with van der Waals surface area (Å²) in [6.07, 6.45) is 79.7. The Balaban J connectivity index is 3.99. The van der Waals surface area contributed by atoms with E-state index in [0.717, 1.165) is 38.5 Å². The Morgan fingerprint density at radius 1 is 0.306 bits per heavy atom. The molecule has 0 amide bonds. The third kappa shape index (κ3) is 69.6. The van der Waals surface area contributed by atoms with Crippen molar-refractivity contribution in [2.24, 2.45) is 0 Å². The van der Waals surface area contributed by atoms with Gasteiger partial charge in [0, 0.05) is 12.8 Å². The Morgan fingerprint density at radius 2 is 0.529 bits per heavy atom. The number of carbonyl (C=O) groups is 3. The molecular formula is C76H150NO8+. The van der Waals surface area contributed by atoms with E-state index in [1.807, 2.05) is 21.1 Å². The molecule has 0 rings (SSSR count). The van der Waals surface area contributed by atoms with Gasteiger partial charge in [0.2, 0.25) is 0 Å². The molecule has 9 heteroatoms. The van der Waals surface area contributed by atoms with Gasteiger partial charge in [0.05, 0.1) is 34.4 Å². The van der Waals surface area contributed by atoms with Gasteiger partial charge in [0.15, 0.2) is 6.10 Å². The van der Waals surface area contributed by atoms with Gasteiger partial charge >= 0.3 is 17.9 Å². The number of likely N-dealkylation sites (N-methyl/N-ethyl adjacent to an activating group) is 1. The lowest BCUT2D eigenvalue weighted by Gasteiger charge is -2.25. The predicted octanol–water partition coefficient (Wildman–Crippen LogP) is 23.8. The first-order valence-electron chi connectivity index (χ1n) is 38.2. The molecule has 0 aromatic carbocycles. The molecule has 85 heavy (non-hydrogen) atoms. The average molecular weight is 1210 g/mol. The molecule has 506 valence electrons. The lowest BCUT2D eigenvalue weighted by Crippen LogP contribution is -2.40. The van der Waals surface area contributed by atoms with Crippen LogP contribution in [0.25, 0.3) is 0 Å². The van der Waals surface area contributed by atoms with Crippen molar-refractivity contribution in [2.45, 2.75) is 424 Å². The second kappa shape index (κ2) is 68.2. The molecule has 0 saturated heterocycles. The molecule has 0 aliphatic heterocycles. The van der Waals surface area contributed by atoms with E-state index < -0.39 is 18.4 Å². The number of aliphatic carboxylic acids is 1. The Bertz CT molecular complexity index is 1350. The highest BCUT2D eigenvalue weighted by Crippen LogP contribution is 2.20. The number of hydrogen-bond donors (Lipinski definition) is 1. The predicted molar refractivity (Wildman–Crippen MR) is 365 cm³/mol. The van der Waals surface area contributed by atoms with Crippen molar-refractivity contribution < 1.29 is 42.9 Å². The van der Waals surface area contributed by atoms with Crippen LogP contribution in [-0.2, 0) is 33.3 Å². The number of quaternary nitrogens is 1. The molecule has 2 unspecified atom stereocenters. The number of rotatable bonds is 73. The van der Waals surface area contributed by atoms with Crippen LogP contribution in [0.1, 0.15) is 412 Å². The van der Waals surface area contributed by atoms with Crippen LogP contribution in [0.15, 0.2) is 0 Å². The molecule has 0 aliphatic carbocycles. The van der Waals surface area contributed by atoms with Gasteiger partial charge < -0.3 is 28.5 Å². The fourth-order valence-corrected chi connectivity index (χ4v) is 12.0. The highest BCUT2D eigenvalue weighted by molar-refractivity contribution is 5.71. The minimum Gasteiger partial charge on any atom is -0.477 e. The quantitative estimate of drug-likeness (QED) is 0.0278. The van der Waals surface area contributed by atoms with Gasteiger partial charge in [0.25, 0.3) is 6.29 Å². The largest absolute Gasteiger partial charge is 0.477 e. The minimum atomic E-state index is -1.50. The molecule has 0 heterocycles. The smallest absolute Gasteiger partial charge is 0.361 e. The highest BCUT2D eigenvalue weighted by atomic mass is 16.7. The van der Waals surface area contributed by atoms with Crippen LogP contribution in [-0.4, -0.2) is 87.4 Å². The number of esters is 2. The summed E-state index contributed by atoms with van der Waals surface area (Å²) < 4.78 is 23.1. The fourth-order valence-electron chi connectivity index (χ4n) is 12.0. The van der Waals surface area contributed by atoms with Crippen molar-refractivity contribution in [2.75, 3.05) is 47.5 Å². The summed E-state index contributed by atoms with van der Waals surface area (Å²) in [6, 6.07) is 0. The molecule has 0 saturated carbocycles. The zero-order valence-corrected chi connectivity index (χ0v) is 58.1. The standard InChI is InChI=1S/C76H149NO8/c1-6-8-10-12-14-16-18-20-22-24-26-28-30-32-34-36-37-39-41-43-45-47-49-51-53-55-57-59-61-63-65-67-74(79)85-72(71-84-76(75(80)81)82-69-68-77(3,4)5)70-83-73(78)66-64-62-60-58-56-54-52-50-48-46-44-42-40-38-35-33-31-29-27-25-23-21-19-17-15-13-11-9-7-2/h72,76H,6-71H2,1-5H3/p+1. The molecule has 0 aliphatic rings. The van der Waals surface area contributed by atoms with Crippen molar-refractivity contribution >= 4 is 17.9 Å². The summed E-state index contributed by atoms with van der Waals surface area (Å²) in [5, 5.41) is 9.76. The molecule has 9 nitrogen and oxygen atoms in total. The second-order valence-electron chi connectivity index (χ2n) is 27.7. The summed E-state index contributed by atoms with van der Waals surface area (Å²) in [7, 11) is 6.00. The molecule has 0 aromatic heterocycles. The van der Waals surface area contributed by atoms with Crippen molar-refractivity contribution in [3.05, 3.63) is 0 Å². The van der Waals surface area contributed by atoms with E-state index in [-0.39, 0.29) is 38.2 Å². The van der Waals surface area contributed by atoms with Crippen LogP contribution in [0, 0.1) is 0 Å². The van der Waals surface area contributed by atoms with Crippen LogP contribution in [0.3, 0.4) is 0 Å². The van der Waals surface area contributed by atoms with Gasteiger partial charge in [-0.05, 0) is 12.8 Å². The Hall–Kier alpha value is -1.71. The number of carboxylic acids is 1. The number of ether oxygens (including phenoxy) is 4. The number of nitrogens with zero attached hydrogens (tertiary/aromatic N) is 1. The number of carbonyl (C=O) groups excluding carboxylic acids is 2. The molecule has 0 spiro atoms. The highest BCUT2D eigenvalue weighted by Gasteiger charge is 2.25. The Labute approximate surface area is 530 Å². The number of hydrogen-bond acceptors (Lipinski definition) is 7. The maximum Gasteiger partial charge on any atom is 0.361 e. The van der Waals surface area contributed by atoms with Gasteiger partial charge in [-0.1, -0.05) is 386 Å². The number of carboxylic acid groups (broad SMARTS) is 1. The maximum absolute atomic E-state index is 13.0. The molecule has 0 aromatic rings. The van der Waals surface area contributed by atoms with Crippen molar-refractivity contribution in [1.82, 2.24) is 0 Å². The zero-order valence-electron chi connectivity index (χ0n) is 58.1. The van der Waals surface area contributed by atoms with Gasteiger partial charge in [-0.3, -0.25) is 9.59 Å². The first kappa shape index (κ1) is 83.3. The molecule has 2 atom stereocenters. The summed E-state index contributed by atoms with van der Waals surface area (Å²) in [5.74, 6) is -1.96. The third-order valence-electron chi connectivity index (χ3n) is 17.9. The van der Waals surface area contributed by atoms with Crippen molar-refractivity contribution in [3.8, 4) is 0 Å². The van der Waals surface area contributed by atoms with Crippen molar-refractivity contribution in [3.63, 3.8) is 0 Å². The molecule has 0 bridgehead atoms. The summed E-state index contributed by atoms with van der Waals surface area (Å²) in [6.45, 7) is 4.98. The van der Waals surface area contributed by atoms with Crippen LogP contribution in [0.2, 0.25) is 0 Å². The Morgan fingerprint density at radius 3 is 0.753 bits per heavy atom. The summed E-state index contributed by atoms with van der Waals surface area (Å²) in [4.78, 5) is 37.7. The van der Waals surface area contributed by atoms with Crippen LogP contribution >= 0.6 is 0 Å². The second-order valence-corrected chi connectivity index (χ2v) is 27.7. The molecule has 0 radical (unpaired) electrons. The molecule has 1 N–H and O–H groups in total. The summed E-state index contributed by atoms with van der Waals surface area (Å²) in [5.41, 5.74) is 0. The van der Waals surface area contributed by atoms with Crippen LogP contribution in [0.4, 0.5) is 0 Å². The van der Waals surface area contributed by atoms with E-state index in [9.17, 15) is 19.5 Å². The van der Waals surface area contributed by atoms with E-state index in [1.54, 1.807) is 0 Å². The minimum absolute atomic E-state index is 0.172. The lowest BCUT2D eigenvalue weighted by molar-refractivity contribution is -0.870. The first-order valence-corrected chi connectivity index (χ1v) is 38.2. The van der Waals surface area contributed by atoms with Gasteiger partial charge in [-0.2, -0.15) is 0 Å². The van der Waals surface area contributed by atoms with Crippen LogP contribution < -0.4 is 0 Å². The van der Waals surface area contributed by atoms with Crippen LogP contribution in [0.5, 0.6) is 0 Å². The van der Waals surface area contributed by atoms with Gasteiger partial charge in [-0.15, -0.1) is 0 Å². The maximum atomic E-state index is 13.0. The van der Waals surface area contributed by atoms with E-state index >= 15 is 0 Å². The summed E-state index contributed by atoms with van der Waals surface area (Å²) >= 11 is 0. The number of unbranched alkanes of at least 4 members (excludes halogenated alkanes) is 58. The average Bonchev–Trinajstić information content (AvgIpc) is 3.49. The Kier molecular flexibility index (Phi) is 66.8. The van der Waals surface area contributed by atoms with E-state index in [4.69, 9.17) is 18.9 Å².